The van der Waals surface area contributed by atoms with Crippen molar-refractivity contribution in [1.82, 2.24) is 15.3 Å². The highest BCUT2D eigenvalue weighted by Crippen LogP contribution is 2.26. The SMILES string of the molecule is C=C(CCNC(=O)c1ccc(F)cc1NS(=O)(=O)c1ncccn1)C(F)(F)F. The van der Waals surface area contributed by atoms with Gasteiger partial charge in [0.1, 0.15) is 5.82 Å². The summed E-state index contributed by atoms with van der Waals surface area (Å²) in [5.74, 6) is -1.74. The fraction of sp³-hybridized carbons (Fsp3) is 0.188. The summed E-state index contributed by atoms with van der Waals surface area (Å²) in [6.07, 6.45) is -2.80. The number of halogens is 4. The molecule has 28 heavy (non-hydrogen) atoms. The van der Waals surface area contributed by atoms with Crippen LogP contribution in [0.2, 0.25) is 0 Å². The molecule has 0 saturated heterocycles. The van der Waals surface area contributed by atoms with Crippen molar-refractivity contribution in [2.24, 2.45) is 0 Å². The van der Waals surface area contributed by atoms with Gasteiger partial charge in [0.25, 0.3) is 21.1 Å². The maximum atomic E-state index is 13.5. The number of rotatable bonds is 7. The second-order valence-electron chi connectivity index (χ2n) is 5.43. The molecule has 150 valence electrons. The van der Waals surface area contributed by atoms with Gasteiger partial charge in [-0.1, -0.05) is 6.58 Å². The van der Waals surface area contributed by atoms with E-state index in [4.69, 9.17) is 0 Å². The van der Waals surface area contributed by atoms with Crippen LogP contribution in [0, 0.1) is 5.82 Å². The number of nitrogens with zero attached hydrogens (tertiary/aromatic N) is 2. The van der Waals surface area contributed by atoms with E-state index in [1.54, 1.807) is 0 Å². The van der Waals surface area contributed by atoms with Crippen LogP contribution in [0.15, 0.2) is 54.0 Å². The number of nitrogens with one attached hydrogen (secondary N) is 2. The summed E-state index contributed by atoms with van der Waals surface area (Å²) >= 11 is 0. The van der Waals surface area contributed by atoms with E-state index in [0.29, 0.717) is 0 Å². The Balaban J connectivity index is 2.18. The van der Waals surface area contributed by atoms with E-state index in [2.05, 4.69) is 21.9 Å². The quantitative estimate of drug-likeness (QED) is 0.409. The van der Waals surface area contributed by atoms with Gasteiger partial charge in [-0.05, 0) is 30.7 Å². The molecule has 0 aliphatic heterocycles. The molecule has 0 spiro atoms. The smallest absolute Gasteiger partial charge is 0.352 e. The van der Waals surface area contributed by atoms with Crippen molar-refractivity contribution in [2.45, 2.75) is 17.8 Å². The summed E-state index contributed by atoms with van der Waals surface area (Å²) < 4.78 is 77.3. The van der Waals surface area contributed by atoms with Gasteiger partial charge in [0, 0.05) is 24.5 Å². The molecule has 2 aromatic rings. The molecule has 1 aromatic heterocycles. The standard InChI is InChI=1S/C16H14F4N4O3S/c1-10(16(18,19)20)5-8-21-14(25)12-4-3-11(17)9-13(12)24-28(26,27)15-22-6-2-7-23-15/h2-4,6-7,9,24H,1,5,8H2,(H,21,25). The van der Waals surface area contributed by atoms with E-state index in [1.165, 1.54) is 18.5 Å². The topological polar surface area (TPSA) is 101 Å². The van der Waals surface area contributed by atoms with Crippen molar-refractivity contribution in [3.63, 3.8) is 0 Å². The molecule has 7 nitrogen and oxygen atoms in total. The fourth-order valence-corrected chi connectivity index (χ4v) is 2.93. The highest BCUT2D eigenvalue weighted by atomic mass is 32.2. The molecule has 0 unspecified atom stereocenters. The van der Waals surface area contributed by atoms with E-state index < -0.39 is 57.3 Å². The Morgan fingerprint density at radius 2 is 1.82 bits per heavy atom. The summed E-state index contributed by atoms with van der Waals surface area (Å²) in [5, 5.41) is 1.59. The minimum absolute atomic E-state index is 0.293. The van der Waals surface area contributed by atoms with Gasteiger partial charge >= 0.3 is 6.18 Å². The molecule has 12 heteroatoms. The minimum Gasteiger partial charge on any atom is -0.352 e. The van der Waals surface area contributed by atoms with Crippen molar-refractivity contribution in [2.75, 3.05) is 11.3 Å². The van der Waals surface area contributed by atoms with Crippen molar-refractivity contribution in [1.29, 1.82) is 0 Å². The Hall–Kier alpha value is -3.02. The minimum atomic E-state index is -4.59. The number of benzene rings is 1. The summed E-state index contributed by atoms with van der Waals surface area (Å²) in [7, 11) is -4.32. The van der Waals surface area contributed by atoms with Gasteiger partial charge in [-0.2, -0.15) is 21.6 Å². The number of hydrogen-bond acceptors (Lipinski definition) is 5. The molecule has 0 bridgehead atoms. The maximum Gasteiger partial charge on any atom is 0.412 e. The number of amides is 1. The largest absolute Gasteiger partial charge is 0.412 e. The number of sulfonamides is 1. The molecule has 0 saturated carbocycles. The highest BCUT2D eigenvalue weighted by molar-refractivity contribution is 7.92. The Morgan fingerprint density at radius 1 is 1.18 bits per heavy atom. The molecule has 0 radical (unpaired) electrons. The van der Waals surface area contributed by atoms with Crippen molar-refractivity contribution in [3.05, 3.63) is 60.2 Å². The van der Waals surface area contributed by atoms with Crippen LogP contribution in [0.3, 0.4) is 0 Å². The van der Waals surface area contributed by atoms with Crippen LogP contribution in [0.25, 0.3) is 0 Å². The van der Waals surface area contributed by atoms with Crippen LogP contribution in [0.4, 0.5) is 23.2 Å². The van der Waals surface area contributed by atoms with Crippen molar-refractivity contribution >= 4 is 21.6 Å². The lowest BCUT2D eigenvalue weighted by Crippen LogP contribution is -2.28. The highest BCUT2D eigenvalue weighted by Gasteiger charge is 2.31. The fourth-order valence-electron chi connectivity index (χ4n) is 1.98. The average Bonchev–Trinajstić information content (AvgIpc) is 2.61. The van der Waals surface area contributed by atoms with E-state index in [-0.39, 0.29) is 5.56 Å². The Bertz CT molecular complexity index is 979. The zero-order valence-electron chi connectivity index (χ0n) is 14.1. The number of hydrogen-bond donors (Lipinski definition) is 2. The van der Waals surface area contributed by atoms with Gasteiger partial charge in [-0.3, -0.25) is 9.52 Å². The summed E-state index contributed by atoms with van der Waals surface area (Å²) in [4.78, 5) is 19.3. The molecular weight excluding hydrogens is 404 g/mol. The predicted molar refractivity (Wildman–Crippen MR) is 91.4 cm³/mol. The van der Waals surface area contributed by atoms with E-state index in [1.807, 2.05) is 4.72 Å². The van der Waals surface area contributed by atoms with Crippen LogP contribution < -0.4 is 10.0 Å². The van der Waals surface area contributed by atoms with E-state index >= 15 is 0 Å². The zero-order valence-corrected chi connectivity index (χ0v) is 14.9. The maximum absolute atomic E-state index is 13.5. The van der Waals surface area contributed by atoms with Gasteiger partial charge < -0.3 is 5.32 Å². The molecule has 0 aliphatic rings. The summed E-state index contributed by atoms with van der Waals surface area (Å²) in [6, 6.07) is 4.03. The summed E-state index contributed by atoms with van der Waals surface area (Å²) in [6.45, 7) is 2.48. The molecule has 1 aromatic carbocycles. The normalized spacial score (nSPS) is 11.7. The first-order chi connectivity index (χ1) is 13.0. The van der Waals surface area contributed by atoms with Gasteiger partial charge in [0.15, 0.2) is 0 Å². The van der Waals surface area contributed by atoms with Crippen LogP contribution in [-0.4, -0.2) is 37.0 Å². The summed E-state index contributed by atoms with van der Waals surface area (Å²) in [5.41, 5.74) is -1.74. The number of alkyl halides is 3. The van der Waals surface area contributed by atoms with Gasteiger partial charge in [-0.25, -0.2) is 14.4 Å². The lowest BCUT2D eigenvalue weighted by molar-refractivity contribution is -0.0934. The lowest BCUT2D eigenvalue weighted by atomic mass is 10.1. The van der Waals surface area contributed by atoms with Crippen molar-refractivity contribution < 1.29 is 30.8 Å². The molecule has 1 amide bonds. The number of anilines is 1. The molecule has 0 fully saturated rings. The lowest BCUT2D eigenvalue weighted by Gasteiger charge is -2.13. The third-order valence-electron chi connectivity index (χ3n) is 3.37. The van der Waals surface area contributed by atoms with E-state index in [9.17, 15) is 30.8 Å². The number of aromatic nitrogens is 2. The third kappa shape index (κ3) is 5.49. The molecule has 2 N–H and O–H groups in total. The Labute approximate surface area is 157 Å². The Morgan fingerprint density at radius 3 is 2.43 bits per heavy atom. The van der Waals surface area contributed by atoms with Crippen LogP contribution in [0.5, 0.6) is 0 Å². The molecule has 0 aliphatic carbocycles. The number of carbonyl (C=O) groups is 1. The molecule has 2 rings (SSSR count). The first-order valence-electron chi connectivity index (χ1n) is 7.63. The third-order valence-corrected chi connectivity index (χ3v) is 4.55. The van der Waals surface area contributed by atoms with Gasteiger partial charge in [-0.15, -0.1) is 0 Å². The molecule has 0 atom stereocenters. The Kier molecular flexibility index (Phi) is 6.33. The molecular formula is C16H14F4N4O3S. The average molecular weight is 418 g/mol. The van der Waals surface area contributed by atoms with Gasteiger partial charge in [0.05, 0.1) is 11.3 Å². The number of carbonyl (C=O) groups excluding carboxylic acids is 1. The second-order valence-corrected chi connectivity index (χ2v) is 7.01. The monoisotopic (exact) mass is 418 g/mol. The van der Waals surface area contributed by atoms with E-state index in [0.717, 1.165) is 18.2 Å². The predicted octanol–water partition coefficient (Wildman–Crippen LogP) is 2.65. The zero-order chi connectivity index (χ0) is 20.9. The van der Waals surface area contributed by atoms with Crippen LogP contribution >= 0.6 is 0 Å². The second kappa shape index (κ2) is 8.33. The molecule has 1 heterocycles. The van der Waals surface area contributed by atoms with Crippen molar-refractivity contribution in [3.8, 4) is 0 Å². The first-order valence-corrected chi connectivity index (χ1v) is 9.11. The first kappa shape index (κ1) is 21.3. The van der Waals surface area contributed by atoms with Gasteiger partial charge in [0.2, 0.25) is 0 Å². The van der Waals surface area contributed by atoms with Crippen LogP contribution in [0.1, 0.15) is 16.8 Å². The van der Waals surface area contributed by atoms with Crippen LogP contribution in [-0.2, 0) is 10.0 Å².